The standard InChI is InChI=1S/C17H22N6O3S2/c1-5-11(23-16(19)21-22-17(23)27-8-7-18)13(24)20-14-12(15(25)26-6-2)9(3)10(4)28-14/h11H,5-6,8H2,1-4H3,(H2,19,21)(H,20,24). The SMILES string of the molecule is CCOC(=O)c1c(NC(=O)C(CC)n2c(N)nnc2SCC#N)sc(C)c1C. The highest BCUT2D eigenvalue weighted by atomic mass is 32.2. The number of thioether (sulfide) groups is 1. The first kappa shape index (κ1) is 21.7. The van der Waals surface area contributed by atoms with Gasteiger partial charge in [-0.1, -0.05) is 18.7 Å². The van der Waals surface area contributed by atoms with Crippen molar-refractivity contribution in [1.82, 2.24) is 14.8 Å². The molecular formula is C17H22N6O3S2. The van der Waals surface area contributed by atoms with Gasteiger partial charge in [0.25, 0.3) is 0 Å². The third kappa shape index (κ3) is 4.45. The number of hydrogen-bond donors (Lipinski definition) is 2. The second kappa shape index (κ2) is 9.57. The first-order valence-electron chi connectivity index (χ1n) is 8.63. The molecule has 2 rings (SSSR count). The van der Waals surface area contributed by atoms with Crippen molar-refractivity contribution >= 4 is 45.9 Å². The lowest BCUT2D eigenvalue weighted by Gasteiger charge is -2.18. The summed E-state index contributed by atoms with van der Waals surface area (Å²) in [5.41, 5.74) is 7.05. The Bertz CT molecular complexity index is 915. The van der Waals surface area contributed by atoms with Gasteiger partial charge in [-0.25, -0.2) is 4.79 Å². The van der Waals surface area contributed by atoms with Gasteiger partial charge >= 0.3 is 5.97 Å². The Morgan fingerprint density at radius 3 is 2.71 bits per heavy atom. The molecule has 0 aliphatic carbocycles. The molecule has 0 radical (unpaired) electrons. The molecule has 150 valence electrons. The Morgan fingerprint density at radius 2 is 2.11 bits per heavy atom. The highest BCUT2D eigenvalue weighted by molar-refractivity contribution is 7.99. The van der Waals surface area contributed by atoms with E-state index in [1.807, 2.05) is 26.8 Å². The maximum Gasteiger partial charge on any atom is 0.341 e. The molecule has 0 saturated carbocycles. The molecule has 11 heteroatoms. The first-order valence-corrected chi connectivity index (χ1v) is 10.4. The van der Waals surface area contributed by atoms with Crippen LogP contribution in [0.2, 0.25) is 0 Å². The molecule has 9 nitrogen and oxygen atoms in total. The minimum Gasteiger partial charge on any atom is -0.462 e. The Hall–Kier alpha value is -2.58. The third-order valence-corrected chi connectivity index (χ3v) is 5.99. The van der Waals surface area contributed by atoms with E-state index in [0.717, 1.165) is 22.2 Å². The summed E-state index contributed by atoms with van der Waals surface area (Å²) in [5, 5.41) is 20.2. The number of nitrogens with two attached hydrogens (primary N) is 1. The summed E-state index contributed by atoms with van der Waals surface area (Å²) in [6.07, 6.45) is 0.423. The summed E-state index contributed by atoms with van der Waals surface area (Å²) in [6.45, 7) is 7.51. The monoisotopic (exact) mass is 422 g/mol. The number of aromatic nitrogens is 3. The highest BCUT2D eigenvalue weighted by Crippen LogP contribution is 2.34. The number of nitriles is 1. The fourth-order valence-corrected chi connectivity index (χ4v) is 4.32. The van der Waals surface area contributed by atoms with Crippen molar-refractivity contribution < 1.29 is 14.3 Å². The van der Waals surface area contributed by atoms with Gasteiger partial charge in [0.15, 0.2) is 5.16 Å². The van der Waals surface area contributed by atoms with Crippen molar-refractivity contribution in [1.29, 1.82) is 5.26 Å². The van der Waals surface area contributed by atoms with Crippen LogP contribution >= 0.6 is 23.1 Å². The molecule has 0 fully saturated rings. The average Bonchev–Trinajstić information content (AvgIpc) is 3.14. The number of carbonyl (C=O) groups is 2. The Labute approximate surface area is 171 Å². The van der Waals surface area contributed by atoms with Gasteiger partial charge in [0.2, 0.25) is 11.9 Å². The number of rotatable bonds is 8. The number of thiophene rings is 1. The smallest absolute Gasteiger partial charge is 0.341 e. The Balaban J connectivity index is 2.34. The number of carbonyl (C=O) groups excluding carboxylic acids is 2. The van der Waals surface area contributed by atoms with Crippen LogP contribution in [-0.2, 0) is 9.53 Å². The van der Waals surface area contributed by atoms with E-state index in [1.165, 1.54) is 15.9 Å². The number of esters is 1. The maximum absolute atomic E-state index is 13.0. The predicted octanol–water partition coefficient (Wildman–Crippen LogP) is 2.92. The van der Waals surface area contributed by atoms with E-state index in [1.54, 1.807) is 6.92 Å². The average molecular weight is 423 g/mol. The third-order valence-electron chi connectivity index (χ3n) is 4.06. The number of amides is 1. The highest BCUT2D eigenvalue weighted by Gasteiger charge is 2.28. The number of nitrogens with one attached hydrogen (secondary N) is 1. The molecule has 2 aromatic rings. The summed E-state index contributed by atoms with van der Waals surface area (Å²) in [7, 11) is 0. The quantitative estimate of drug-likeness (QED) is 0.489. The number of nitrogen functional groups attached to an aromatic ring is 1. The number of ether oxygens (including phenoxy) is 1. The van der Waals surface area contributed by atoms with Gasteiger partial charge in [0.1, 0.15) is 11.0 Å². The van der Waals surface area contributed by atoms with E-state index in [9.17, 15) is 9.59 Å². The Kier molecular flexibility index (Phi) is 7.42. The molecule has 0 aliphatic rings. The molecule has 0 saturated heterocycles. The number of hydrogen-bond acceptors (Lipinski definition) is 9. The summed E-state index contributed by atoms with van der Waals surface area (Å²) in [4.78, 5) is 26.3. The van der Waals surface area contributed by atoms with Gasteiger partial charge in [0, 0.05) is 4.88 Å². The zero-order valence-electron chi connectivity index (χ0n) is 16.1. The molecule has 1 unspecified atom stereocenters. The molecule has 0 aliphatic heterocycles. The van der Waals surface area contributed by atoms with Crippen LogP contribution in [0.25, 0.3) is 0 Å². The fraction of sp³-hybridized carbons (Fsp3) is 0.471. The maximum atomic E-state index is 13.0. The van der Waals surface area contributed by atoms with Crippen LogP contribution in [0.3, 0.4) is 0 Å². The van der Waals surface area contributed by atoms with Gasteiger partial charge in [-0.3, -0.25) is 9.36 Å². The van der Waals surface area contributed by atoms with Gasteiger partial charge in [-0.15, -0.1) is 21.5 Å². The molecule has 2 aromatic heterocycles. The normalized spacial score (nSPS) is 11.7. The molecule has 0 spiro atoms. The van der Waals surface area contributed by atoms with Crippen LogP contribution in [0.4, 0.5) is 10.9 Å². The van der Waals surface area contributed by atoms with E-state index >= 15 is 0 Å². The van der Waals surface area contributed by atoms with E-state index in [4.69, 9.17) is 15.7 Å². The molecule has 28 heavy (non-hydrogen) atoms. The van der Waals surface area contributed by atoms with Crippen molar-refractivity contribution in [3.8, 4) is 6.07 Å². The summed E-state index contributed by atoms with van der Waals surface area (Å²) in [5.74, 6) is -0.569. The molecule has 3 N–H and O–H groups in total. The van der Waals surface area contributed by atoms with Gasteiger partial charge < -0.3 is 15.8 Å². The second-order valence-electron chi connectivity index (χ2n) is 5.78. The van der Waals surface area contributed by atoms with Crippen molar-refractivity contribution in [2.24, 2.45) is 0 Å². The van der Waals surface area contributed by atoms with E-state index in [-0.39, 0.29) is 24.2 Å². The summed E-state index contributed by atoms with van der Waals surface area (Å²) < 4.78 is 6.63. The topological polar surface area (TPSA) is 136 Å². The van der Waals surface area contributed by atoms with Crippen molar-refractivity contribution in [2.75, 3.05) is 23.4 Å². The van der Waals surface area contributed by atoms with E-state index in [0.29, 0.717) is 22.1 Å². The zero-order valence-corrected chi connectivity index (χ0v) is 17.7. The molecule has 2 heterocycles. The minimum absolute atomic E-state index is 0.0894. The summed E-state index contributed by atoms with van der Waals surface area (Å²) in [6, 6.07) is 1.32. The van der Waals surface area contributed by atoms with Crippen LogP contribution in [0.5, 0.6) is 0 Å². The van der Waals surface area contributed by atoms with Crippen LogP contribution in [-0.4, -0.2) is 39.0 Å². The summed E-state index contributed by atoms with van der Waals surface area (Å²) >= 11 is 2.47. The van der Waals surface area contributed by atoms with Crippen LogP contribution in [0.1, 0.15) is 47.1 Å². The van der Waals surface area contributed by atoms with Crippen LogP contribution in [0, 0.1) is 25.2 Å². The number of nitrogens with zero attached hydrogens (tertiary/aromatic N) is 4. The van der Waals surface area contributed by atoms with Crippen LogP contribution in [0.15, 0.2) is 5.16 Å². The lowest BCUT2D eigenvalue weighted by Crippen LogP contribution is -2.27. The molecule has 0 aromatic carbocycles. The number of anilines is 2. The lowest BCUT2D eigenvalue weighted by atomic mass is 10.1. The van der Waals surface area contributed by atoms with Crippen molar-refractivity contribution in [3.05, 3.63) is 16.0 Å². The zero-order chi connectivity index (χ0) is 20.8. The lowest BCUT2D eigenvalue weighted by molar-refractivity contribution is -0.119. The Morgan fingerprint density at radius 1 is 1.39 bits per heavy atom. The van der Waals surface area contributed by atoms with E-state index < -0.39 is 12.0 Å². The van der Waals surface area contributed by atoms with E-state index in [2.05, 4.69) is 15.5 Å². The van der Waals surface area contributed by atoms with Crippen molar-refractivity contribution in [2.45, 2.75) is 45.3 Å². The fourth-order valence-electron chi connectivity index (χ4n) is 2.62. The van der Waals surface area contributed by atoms with Crippen LogP contribution < -0.4 is 11.1 Å². The minimum atomic E-state index is -0.686. The van der Waals surface area contributed by atoms with Gasteiger partial charge in [-0.05, 0) is 32.8 Å². The van der Waals surface area contributed by atoms with Gasteiger partial charge in [-0.2, -0.15) is 5.26 Å². The molecule has 1 amide bonds. The first-order chi connectivity index (χ1) is 13.3. The van der Waals surface area contributed by atoms with Crippen molar-refractivity contribution in [3.63, 3.8) is 0 Å². The molecule has 1 atom stereocenters. The second-order valence-corrected chi connectivity index (χ2v) is 7.95. The predicted molar refractivity (Wildman–Crippen MR) is 108 cm³/mol. The molecular weight excluding hydrogens is 400 g/mol. The largest absolute Gasteiger partial charge is 0.462 e. The number of aryl methyl sites for hydroxylation is 1. The van der Waals surface area contributed by atoms with Gasteiger partial charge in [0.05, 0.1) is 24.0 Å². The molecule has 0 bridgehead atoms.